The normalized spacial score (nSPS) is 10.2. The van der Waals surface area contributed by atoms with Crippen molar-refractivity contribution in [3.8, 4) is 11.5 Å². The molecule has 2 N–H and O–H groups in total. The maximum absolute atomic E-state index is 10.8. The Morgan fingerprint density at radius 3 is 2.57 bits per heavy atom. The number of non-ortho nitro benzene ring substituents is 1. The van der Waals surface area contributed by atoms with E-state index in [9.17, 15) is 10.1 Å². The summed E-state index contributed by atoms with van der Waals surface area (Å²) in [6, 6.07) is 11.9. The monoisotopic (exact) mass is 288 g/mol. The van der Waals surface area contributed by atoms with Crippen molar-refractivity contribution >= 4 is 5.69 Å². The minimum atomic E-state index is -0.455. The number of para-hydroxylation sites is 1. The largest absolute Gasteiger partial charge is 0.496 e. The summed E-state index contributed by atoms with van der Waals surface area (Å²) in [5.41, 5.74) is 7.10. The van der Waals surface area contributed by atoms with Gasteiger partial charge in [0.15, 0.2) is 0 Å². The van der Waals surface area contributed by atoms with Crippen LogP contribution in [0.25, 0.3) is 0 Å². The van der Waals surface area contributed by atoms with Crippen LogP contribution in [0.4, 0.5) is 5.69 Å². The highest BCUT2D eigenvalue weighted by molar-refractivity contribution is 5.44. The summed E-state index contributed by atoms with van der Waals surface area (Å²) in [5, 5.41) is 10.8. The molecule has 0 aromatic heterocycles. The van der Waals surface area contributed by atoms with Gasteiger partial charge in [0.1, 0.15) is 18.1 Å². The van der Waals surface area contributed by atoms with Crippen LogP contribution in [-0.2, 0) is 13.2 Å². The van der Waals surface area contributed by atoms with E-state index in [4.69, 9.17) is 15.2 Å². The molecule has 110 valence electrons. The minimum absolute atomic E-state index is 0.0000849. The van der Waals surface area contributed by atoms with Gasteiger partial charge >= 0.3 is 0 Å². The lowest BCUT2D eigenvalue weighted by molar-refractivity contribution is -0.384. The van der Waals surface area contributed by atoms with Crippen LogP contribution in [-0.4, -0.2) is 12.0 Å². The Morgan fingerprint density at radius 1 is 1.14 bits per heavy atom. The molecular formula is C15H16N2O4. The summed E-state index contributed by atoms with van der Waals surface area (Å²) < 4.78 is 11.0. The van der Waals surface area contributed by atoms with E-state index < -0.39 is 4.92 Å². The fraction of sp³-hybridized carbons (Fsp3) is 0.200. The highest BCUT2D eigenvalue weighted by Gasteiger charge is 2.11. The lowest BCUT2D eigenvalue weighted by atomic mass is 10.1. The zero-order valence-corrected chi connectivity index (χ0v) is 11.6. The first-order valence-electron chi connectivity index (χ1n) is 6.37. The predicted molar refractivity (Wildman–Crippen MR) is 78.3 cm³/mol. The molecule has 0 fully saturated rings. The molecule has 0 aliphatic heterocycles. The Balaban J connectivity index is 2.18. The second-order valence-electron chi connectivity index (χ2n) is 4.35. The molecule has 2 aromatic rings. The number of hydrogen-bond acceptors (Lipinski definition) is 5. The second kappa shape index (κ2) is 6.71. The first-order chi connectivity index (χ1) is 10.2. The molecule has 0 aliphatic rings. The van der Waals surface area contributed by atoms with E-state index in [2.05, 4.69) is 0 Å². The first-order valence-corrected chi connectivity index (χ1v) is 6.37. The van der Waals surface area contributed by atoms with Crippen molar-refractivity contribution in [3.05, 3.63) is 63.7 Å². The van der Waals surface area contributed by atoms with Gasteiger partial charge in [-0.05, 0) is 12.1 Å². The average Bonchev–Trinajstić information content (AvgIpc) is 2.52. The number of nitro groups is 1. The predicted octanol–water partition coefficient (Wildman–Crippen LogP) is 2.64. The van der Waals surface area contributed by atoms with E-state index in [0.29, 0.717) is 17.9 Å². The molecule has 0 heterocycles. The van der Waals surface area contributed by atoms with Crippen LogP contribution in [0, 0.1) is 10.1 Å². The average molecular weight is 288 g/mol. The number of nitrogens with zero attached hydrogens (tertiary/aromatic N) is 1. The van der Waals surface area contributed by atoms with Crippen molar-refractivity contribution in [1.82, 2.24) is 0 Å². The summed E-state index contributed by atoms with van der Waals surface area (Å²) in [7, 11) is 1.59. The van der Waals surface area contributed by atoms with E-state index >= 15 is 0 Å². The van der Waals surface area contributed by atoms with Gasteiger partial charge in [-0.25, -0.2) is 0 Å². The third-order valence-electron chi connectivity index (χ3n) is 3.05. The minimum Gasteiger partial charge on any atom is -0.496 e. The summed E-state index contributed by atoms with van der Waals surface area (Å²) in [6.45, 7) is 0.470. The van der Waals surface area contributed by atoms with E-state index in [1.165, 1.54) is 12.1 Å². The number of nitrogens with two attached hydrogens (primary N) is 1. The van der Waals surface area contributed by atoms with Crippen molar-refractivity contribution < 1.29 is 14.4 Å². The van der Waals surface area contributed by atoms with Crippen LogP contribution in [0.2, 0.25) is 0 Å². The molecule has 0 saturated carbocycles. The Labute approximate surface area is 122 Å². The number of rotatable bonds is 6. The van der Waals surface area contributed by atoms with Crippen molar-refractivity contribution in [1.29, 1.82) is 0 Å². The third-order valence-corrected chi connectivity index (χ3v) is 3.05. The number of ether oxygens (including phenoxy) is 2. The summed E-state index contributed by atoms with van der Waals surface area (Å²) in [5.74, 6) is 1.27. The number of methoxy groups -OCH3 is 1. The molecule has 0 aliphatic carbocycles. The van der Waals surface area contributed by atoms with Gasteiger partial charge in [0.05, 0.1) is 12.0 Å². The van der Waals surface area contributed by atoms with Gasteiger partial charge in [-0.2, -0.15) is 0 Å². The molecule has 0 unspecified atom stereocenters. The van der Waals surface area contributed by atoms with Gasteiger partial charge in [0, 0.05) is 29.8 Å². The Hall–Kier alpha value is -2.60. The molecule has 0 bridgehead atoms. The summed E-state index contributed by atoms with van der Waals surface area (Å²) in [4.78, 5) is 10.3. The quantitative estimate of drug-likeness (QED) is 0.652. The van der Waals surface area contributed by atoms with Gasteiger partial charge in [-0.1, -0.05) is 18.2 Å². The lowest BCUT2D eigenvalue weighted by Gasteiger charge is -2.12. The van der Waals surface area contributed by atoms with Crippen LogP contribution < -0.4 is 15.2 Å². The molecule has 0 atom stereocenters. The van der Waals surface area contributed by atoms with Crippen LogP contribution in [0.5, 0.6) is 11.5 Å². The lowest BCUT2D eigenvalue weighted by Crippen LogP contribution is -2.04. The fourth-order valence-electron chi connectivity index (χ4n) is 1.96. The third kappa shape index (κ3) is 3.49. The van der Waals surface area contributed by atoms with Crippen molar-refractivity contribution in [3.63, 3.8) is 0 Å². The summed E-state index contributed by atoms with van der Waals surface area (Å²) >= 11 is 0. The second-order valence-corrected chi connectivity index (χ2v) is 4.35. The molecule has 0 spiro atoms. The highest BCUT2D eigenvalue weighted by Crippen LogP contribution is 2.26. The van der Waals surface area contributed by atoms with E-state index in [1.54, 1.807) is 13.2 Å². The molecule has 0 saturated heterocycles. The highest BCUT2D eigenvalue weighted by atomic mass is 16.6. The van der Waals surface area contributed by atoms with Gasteiger partial charge in [0.2, 0.25) is 0 Å². The SMILES string of the molecule is COc1ccccc1COc1ccc([N+](=O)[O-])cc1CN. The molecule has 2 aromatic carbocycles. The molecular weight excluding hydrogens is 272 g/mol. The topological polar surface area (TPSA) is 87.6 Å². The Bertz CT molecular complexity index is 643. The smallest absolute Gasteiger partial charge is 0.270 e. The van der Waals surface area contributed by atoms with Gasteiger partial charge in [-0.3, -0.25) is 10.1 Å². The van der Waals surface area contributed by atoms with Crippen molar-refractivity contribution in [2.45, 2.75) is 13.2 Å². The number of benzene rings is 2. The van der Waals surface area contributed by atoms with E-state index in [-0.39, 0.29) is 12.2 Å². The van der Waals surface area contributed by atoms with Gasteiger partial charge < -0.3 is 15.2 Å². The maximum Gasteiger partial charge on any atom is 0.270 e. The number of nitro benzene ring substituents is 1. The molecule has 2 rings (SSSR count). The zero-order chi connectivity index (χ0) is 15.2. The Morgan fingerprint density at radius 2 is 1.90 bits per heavy atom. The molecule has 6 heteroatoms. The number of hydrogen-bond donors (Lipinski definition) is 1. The molecule has 0 amide bonds. The Kier molecular flexibility index (Phi) is 4.73. The van der Waals surface area contributed by atoms with E-state index in [0.717, 1.165) is 11.3 Å². The standard InChI is InChI=1S/C15H16N2O4/c1-20-14-5-3-2-4-11(14)10-21-15-7-6-13(17(18)19)8-12(15)9-16/h2-8H,9-10,16H2,1H3. The van der Waals surface area contributed by atoms with E-state index in [1.807, 2.05) is 24.3 Å². The van der Waals surface area contributed by atoms with Crippen LogP contribution in [0.1, 0.15) is 11.1 Å². The molecule has 21 heavy (non-hydrogen) atoms. The van der Waals surface area contributed by atoms with Crippen molar-refractivity contribution in [2.24, 2.45) is 5.73 Å². The first kappa shape index (κ1) is 14.8. The van der Waals surface area contributed by atoms with Crippen LogP contribution in [0.3, 0.4) is 0 Å². The van der Waals surface area contributed by atoms with Crippen molar-refractivity contribution in [2.75, 3.05) is 7.11 Å². The fourth-order valence-corrected chi connectivity index (χ4v) is 1.96. The van der Waals surface area contributed by atoms with Crippen LogP contribution in [0.15, 0.2) is 42.5 Å². The van der Waals surface area contributed by atoms with Gasteiger partial charge in [-0.15, -0.1) is 0 Å². The van der Waals surface area contributed by atoms with Crippen LogP contribution >= 0.6 is 0 Å². The molecule has 6 nitrogen and oxygen atoms in total. The molecule has 0 radical (unpaired) electrons. The maximum atomic E-state index is 10.8. The zero-order valence-electron chi connectivity index (χ0n) is 11.6. The summed E-state index contributed by atoms with van der Waals surface area (Å²) in [6.07, 6.45) is 0. The van der Waals surface area contributed by atoms with Gasteiger partial charge in [0.25, 0.3) is 5.69 Å².